The molecule has 0 bridgehead atoms. The maximum atomic E-state index is 13.3. The Morgan fingerprint density at radius 3 is 2.05 bits per heavy atom. The van der Waals surface area contributed by atoms with Gasteiger partial charge < -0.3 is 43.4 Å². The summed E-state index contributed by atoms with van der Waals surface area (Å²) >= 11 is 1.39. The molecule has 0 aliphatic rings. The first-order valence-electron chi connectivity index (χ1n) is 12.1. The zero-order valence-corrected chi connectivity index (χ0v) is 22.5. The van der Waals surface area contributed by atoms with Crippen LogP contribution in [0.4, 0.5) is 0 Å². The maximum Gasteiger partial charge on any atom is 0.326 e. The van der Waals surface area contributed by atoms with Crippen molar-refractivity contribution in [1.82, 2.24) is 16.0 Å². The Bertz CT molecular complexity index is 1010. The number of hydrogen-bond donors (Lipinski definition) is 8. The van der Waals surface area contributed by atoms with Crippen LogP contribution in [0.15, 0.2) is 35.3 Å². The van der Waals surface area contributed by atoms with Gasteiger partial charge in [-0.1, -0.05) is 30.3 Å². The lowest BCUT2D eigenvalue weighted by Gasteiger charge is -2.25. The van der Waals surface area contributed by atoms with Crippen LogP contribution in [0.25, 0.3) is 0 Å². The SMILES string of the molecule is CSCCC(NC(=O)C(Cc1ccccc1)NC(=O)C(N)CCCN=C(N)N)C(=O)NC(CC(=O)O)C(=O)O. The lowest BCUT2D eigenvalue weighted by molar-refractivity contribution is -0.147. The first-order chi connectivity index (χ1) is 18.4. The molecule has 1 rings (SSSR count). The van der Waals surface area contributed by atoms with Gasteiger partial charge in [-0.2, -0.15) is 11.8 Å². The van der Waals surface area contributed by atoms with Gasteiger partial charge in [0.1, 0.15) is 18.1 Å². The molecule has 39 heavy (non-hydrogen) atoms. The number of carbonyl (C=O) groups excluding carboxylic acids is 3. The van der Waals surface area contributed by atoms with E-state index < -0.39 is 60.2 Å². The van der Waals surface area contributed by atoms with E-state index in [1.165, 1.54) is 11.8 Å². The lowest BCUT2D eigenvalue weighted by Crippen LogP contribution is -2.57. The second kappa shape index (κ2) is 17.6. The summed E-state index contributed by atoms with van der Waals surface area (Å²) in [6.45, 7) is 0.280. The van der Waals surface area contributed by atoms with Crippen molar-refractivity contribution in [2.75, 3.05) is 18.6 Å². The second-order valence-corrected chi connectivity index (χ2v) is 9.63. The highest BCUT2D eigenvalue weighted by molar-refractivity contribution is 7.98. The van der Waals surface area contributed by atoms with Gasteiger partial charge in [0, 0.05) is 13.0 Å². The van der Waals surface area contributed by atoms with Crippen molar-refractivity contribution >= 4 is 47.4 Å². The lowest BCUT2D eigenvalue weighted by atomic mass is 10.0. The molecule has 216 valence electrons. The summed E-state index contributed by atoms with van der Waals surface area (Å²) in [5.41, 5.74) is 17.3. The van der Waals surface area contributed by atoms with Gasteiger partial charge in [-0.25, -0.2) is 4.79 Å². The van der Waals surface area contributed by atoms with Crippen LogP contribution < -0.4 is 33.2 Å². The van der Waals surface area contributed by atoms with Gasteiger partial charge in [0.15, 0.2) is 5.96 Å². The molecule has 0 saturated carbocycles. The molecule has 0 spiro atoms. The number of thioether (sulfide) groups is 1. The highest BCUT2D eigenvalue weighted by atomic mass is 32.2. The number of hydrogen-bond acceptors (Lipinski definition) is 8. The second-order valence-electron chi connectivity index (χ2n) is 8.65. The molecule has 0 heterocycles. The van der Waals surface area contributed by atoms with Gasteiger partial charge in [-0.05, 0) is 36.8 Å². The molecule has 0 radical (unpaired) electrons. The van der Waals surface area contributed by atoms with Crippen LogP contribution in [0.3, 0.4) is 0 Å². The van der Waals surface area contributed by atoms with E-state index in [2.05, 4.69) is 20.9 Å². The molecule has 0 saturated heterocycles. The maximum absolute atomic E-state index is 13.3. The number of nitrogens with zero attached hydrogens (tertiary/aromatic N) is 1. The standard InChI is InChI=1S/C24H37N7O7S/c1-39-11-9-16(21(35)31-18(23(37)38)13-19(32)33)29-22(36)17(12-14-6-3-2-4-7-14)30-20(34)15(25)8-5-10-28-24(26)27/h2-4,6-7,15-18H,5,8-13,25H2,1H3,(H,29,36)(H,30,34)(H,31,35)(H,32,33)(H,37,38)(H4,26,27,28). The van der Waals surface area contributed by atoms with E-state index in [0.717, 1.165) is 5.56 Å². The van der Waals surface area contributed by atoms with E-state index in [-0.39, 0.29) is 31.8 Å². The molecule has 4 unspecified atom stereocenters. The number of aliphatic carboxylic acids is 2. The summed E-state index contributed by atoms with van der Waals surface area (Å²) in [5.74, 6) is -4.71. The summed E-state index contributed by atoms with van der Waals surface area (Å²) < 4.78 is 0. The third-order valence-corrected chi connectivity index (χ3v) is 6.10. The Morgan fingerprint density at radius 1 is 0.897 bits per heavy atom. The predicted octanol–water partition coefficient (Wildman–Crippen LogP) is -1.62. The van der Waals surface area contributed by atoms with Crippen LogP contribution >= 0.6 is 11.8 Å². The summed E-state index contributed by atoms with van der Waals surface area (Å²) in [6, 6.07) is 3.95. The first-order valence-corrected chi connectivity index (χ1v) is 13.5. The third-order valence-electron chi connectivity index (χ3n) is 5.46. The monoisotopic (exact) mass is 567 g/mol. The Kier molecular flexibility index (Phi) is 15.0. The number of nitrogens with one attached hydrogen (secondary N) is 3. The van der Waals surface area contributed by atoms with E-state index in [1.54, 1.807) is 36.6 Å². The van der Waals surface area contributed by atoms with Crippen LogP contribution in [-0.4, -0.2) is 88.6 Å². The predicted molar refractivity (Wildman–Crippen MR) is 147 cm³/mol. The Hall–Kier alpha value is -3.85. The number of rotatable bonds is 18. The molecule has 0 aromatic heterocycles. The summed E-state index contributed by atoms with van der Waals surface area (Å²) in [5, 5.41) is 25.6. The molecular formula is C24H37N7O7S. The van der Waals surface area contributed by atoms with Gasteiger partial charge in [-0.15, -0.1) is 0 Å². The first kappa shape index (κ1) is 33.2. The van der Waals surface area contributed by atoms with Crippen molar-refractivity contribution in [3.05, 3.63) is 35.9 Å². The molecule has 4 atom stereocenters. The number of carboxylic acid groups (broad SMARTS) is 2. The number of carboxylic acids is 2. The largest absolute Gasteiger partial charge is 0.481 e. The molecule has 14 nitrogen and oxygen atoms in total. The van der Waals surface area contributed by atoms with Crippen LogP contribution in [-0.2, 0) is 30.4 Å². The average molecular weight is 568 g/mol. The fourth-order valence-corrected chi connectivity index (χ4v) is 3.88. The van der Waals surface area contributed by atoms with E-state index >= 15 is 0 Å². The molecular weight excluding hydrogens is 530 g/mol. The highest BCUT2D eigenvalue weighted by Crippen LogP contribution is 2.08. The summed E-state index contributed by atoms with van der Waals surface area (Å²) in [7, 11) is 0. The van der Waals surface area contributed by atoms with Crippen LogP contribution in [0.5, 0.6) is 0 Å². The number of nitrogens with two attached hydrogens (primary N) is 3. The topological polar surface area (TPSA) is 252 Å². The zero-order valence-electron chi connectivity index (χ0n) is 21.7. The van der Waals surface area contributed by atoms with Crippen LogP contribution in [0.2, 0.25) is 0 Å². The number of aliphatic imine (C=N–C) groups is 1. The van der Waals surface area contributed by atoms with Gasteiger partial charge in [0.2, 0.25) is 17.7 Å². The molecule has 3 amide bonds. The third kappa shape index (κ3) is 13.5. The van der Waals surface area contributed by atoms with Crippen molar-refractivity contribution in [3.8, 4) is 0 Å². The van der Waals surface area contributed by atoms with Gasteiger partial charge in [-0.3, -0.25) is 24.2 Å². The van der Waals surface area contributed by atoms with Crippen molar-refractivity contribution in [2.24, 2.45) is 22.2 Å². The van der Waals surface area contributed by atoms with Gasteiger partial charge in [0.05, 0.1) is 12.5 Å². The van der Waals surface area contributed by atoms with Crippen molar-refractivity contribution < 1.29 is 34.2 Å². The minimum Gasteiger partial charge on any atom is -0.481 e. The van der Waals surface area contributed by atoms with Crippen molar-refractivity contribution in [3.63, 3.8) is 0 Å². The Labute approximate surface area is 230 Å². The molecule has 15 heteroatoms. The minimum absolute atomic E-state index is 0.0784. The molecule has 0 aliphatic heterocycles. The zero-order chi connectivity index (χ0) is 29.4. The summed E-state index contributed by atoms with van der Waals surface area (Å²) in [4.78, 5) is 65.2. The van der Waals surface area contributed by atoms with Crippen LogP contribution in [0, 0.1) is 0 Å². The number of guanidine groups is 1. The van der Waals surface area contributed by atoms with Gasteiger partial charge in [0.25, 0.3) is 0 Å². The quantitative estimate of drug-likeness (QED) is 0.0568. The van der Waals surface area contributed by atoms with Crippen molar-refractivity contribution in [1.29, 1.82) is 0 Å². The molecule has 11 N–H and O–H groups in total. The Balaban J connectivity index is 3.04. The van der Waals surface area contributed by atoms with Gasteiger partial charge >= 0.3 is 11.9 Å². The fourth-order valence-electron chi connectivity index (χ4n) is 3.41. The van der Waals surface area contributed by atoms with Crippen molar-refractivity contribution in [2.45, 2.75) is 56.3 Å². The number of amides is 3. The highest BCUT2D eigenvalue weighted by Gasteiger charge is 2.31. The van der Waals surface area contributed by atoms with E-state index in [9.17, 15) is 29.1 Å². The fraction of sp³-hybridized carbons (Fsp3) is 0.500. The summed E-state index contributed by atoms with van der Waals surface area (Å²) in [6.07, 6.45) is 1.86. The normalized spacial score (nSPS) is 13.7. The van der Waals surface area contributed by atoms with E-state index in [4.69, 9.17) is 22.3 Å². The Morgan fingerprint density at radius 2 is 1.49 bits per heavy atom. The molecule has 0 fully saturated rings. The number of benzene rings is 1. The molecule has 0 aliphatic carbocycles. The number of carbonyl (C=O) groups is 5. The van der Waals surface area contributed by atoms with Crippen LogP contribution in [0.1, 0.15) is 31.2 Å². The average Bonchev–Trinajstić information content (AvgIpc) is 2.87. The van der Waals surface area contributed by atoms with E-state index in [0.29, 0.717) is 12.2 Å². The van der Waals surface area contributed by atoms with E-state index in [1.807, 2.05) is 0 Å². The molecule has 1 aromatic carbocycles. The smallest absolute Gasteiger partial charge is 0.326 e. The molecule has 1 aromatic rings. The minimum atomic E-state index is -1.68.